The van der Waals surface area contributed by atoms with E-state index in [0.717, 1.165) is 0 Å². The lowest BCUT2D eigenvalue weighted by Gasteiger charge is -2.44. The third-order valence-corrected chi connectivity index (χ3v) is 5.82. The lowest BCUT2D eigenvalue weighted by atomic mass is 9.99. The summed E-state index contributed by atoms with van der Waals surface area (Å²) in [6, 6.07) is 0. The molecule has 0 saturated carbocycles. The molecule has 2 rings (SSSR count). The fraction of sp³-hybridized carbons (Fsp3) is 1.00. The molecule has 0 spiro atoms. The fourth-order valence-electron chi connectivity index (χ4n) is 4.02. The van der Waals surface area contributed by atoms with Gasteiger partial charge in [-0.2, -0.15) is 0 Å². The third-order valence-electron chi connectivity index (χ3n) is 5.82. The van der Waals surface area contributed by atoms with E-state index in [1.807, 2.05) is 13.8 Å². The summed E-state index contributed by atoms with van der Waals surface area (Å²) in [5.41, 5.74) is 0. The minimum atomic E-state index is -0.749. The molecule has 9 heteroatoms. The van der Waals surface area contributed by atoms with Gasteiger partial charge in [0.15, 0.2) is 12.6 Å². The summed E-state index contributed by atoms with van der Waals surface area (Å²) < 4.78 is 34.9. The van der Waals surface area contributed by atoms with Crippen molar-refractivity contribution in [2.75, 3.05) is 20.8 Å². The monoisotopic (exact) mass is 422 g/mol. The van der Waals surface area contributed by atoms with Crippen molar-refractivity contribution in [3.05, 3.63) is 0 Å². The van der Waals surface area contributed by atoms with Crippen LogP contribution in [0.5, 0.6) is 0 Å². The minimum absolute atomic E-state index is 0.0962. The van der Waals surface area contributed by atoms with Crippen molar-refractivity contribution in [3.8, 4) is 0 Å². The Labute approximate surface area is 173 Å². The van der Waals surface area contributed by atoms with Gasteiger partial charge in [-0.3, -0.25) is 0 Å². The molecule has 2 fully saturated rings. The average molecular weight is 423 g/mol. The normalized spacial score (nSPS) is 41.7. The molecule has 0 aromatic rings. The summed E-state index contributed by atoms with van der Waals surface area (Å²) in [5, 5.41) is 29.6. The van der Waals surface area contributed by atoms with Gasteiger partial charge in [-0.25, -0.2) is 0 Å². The molecular formula is C20H38O9. The Bertz CT molecular complexity index is 477. The maximum absolute atomic E-state index is 10.1. The van der Waals surface area contributed by atoms with Crippen molar-refractivity contribution >= 4 is 0 Å². The molecule has 2 aliphatic heterocycles. The van der Waals surface area contributed by atoms with Crippen LogP contribution in [0.2, 0.25) is 0 Å². The van der Waals surface area contributed by atoms with Crippen LogP contribution >= 0.6 is 0 Å². The van der Waals surface area contributed by atoms with Gasteiger partial charge < -0.3 is 43.7 Å². The Morgan fingerprint density at radius 2 is 1.55 bits per heavy atom. The average Bonchev–Trinajstić information content (AvgIpc) is 2.69. The predicted octanol–water partition coefficient (Wildman–Crippen LogP) is 0.427. The number of rotatable bonds is 9. The first-order valence-corrected chi connectivity index (χ1v) is 10.4. The van der Waals surface area contributed by atoms with Gasteiger partial charge in [0.25, 0.3) is 0 Å². The summed E-state index contributed by atoms with van der Waals surface area (Å²) in [6.07, 6.45) is -4.20. The van der Waals surface area contributed by atoms with Crippen LogP contribution < -0.4 is 0 Å². The van der Waals surface area contributed by atoms with Gasteiger partial charge in [0, 0.05) is 39.6 Å². The van der Waals surface area contributed by atoms with Gasteiger partial charge >= 0.3 is 0 Å². The first-order chi connectivity index (χ1) is 13.7. The molecule has 2 aliphatic rings. The molecule has 0 aromatic heterocycles. The molecule has 0 aromatic carbocycles. The molecule has 29 heavy (non-hydrogen) atoms. The highest BCUT2D eigenvalue weighted by Crippen LogP contribution is 2.31. The molecule has 11 atom stereocenters. The van der Waals surface area contributed by atoms with Crippen LogP contribution in [-0.4, -0.2) is 97.6 Å². The van der Waals surface area contributed by atoms with Crippen molar-refractivity contribution in [2.45, 2.75) is 102 Å². The van der Waals surface area contributed by atoms with Crippen molar-refractivity contribution < 1.29 is 43.7 Å². The lowest BCUT2D eigenvalue weighted by molar-refractivity contribution is -0.323. The highest BCUT2D eigenvalue weighted by molar-refractivity contribution is 4.87. The Kier molecular flexibility index (Phi) is 9.72. The highest BCUT2D eigenvalue weighted by atomic mass is 16.7. The Morgan fingerprint density at radius 3 is 2.10 bits per heavy atom. The van der Waals surface area contributed by atoms with E-state index in [9.17, 15) is 15.3 Å². The molecule has 9 nitrogen and oxygen atoms in total. The maximum Gasteiger partial charge on any atom is 0.161 e. The molecule has 0 radical (unpaired) electrons. The number of hydrogen-bond donors (Lipinski definition) is 3. The quantitative estimate of drug-likeness (QED) is 0.486. The van der Waals surface area contributed by atoms with Gasteiger partial charge in [-0.05, 0) is 20.8 Å². The Morgan fingerprint density at radius 1 is 0.966 bits per heavy atom. The molecule has 172 valence electrons. The van der Waals surface area contributed by atoms with E-state index in [1.54, 1.807) is 28.1 Å². The zero-order chi connectivity index (χ0) is 21.7. The molecule has 2 saturated heterocycles. The number of aliphatic hydroxyl groups excluding tert-OH is 3. The zero-order valence-corrected chi connectivity index (χ0v) is 18.3. The molecule has 0 aliphatic carbocycles. The second-order valence-corrected chi connectivity index (χ2v) is 8.15. The van der Waals surface area contributed by atoms with E-state index in [-0.39, 0.29) is 30.8 Å². The largest absolute Gasteiger partial charge is 0.396 e. The molecule has 1 unspecified atom stereocenters. The van der Waals surface area contributed by atoms with E-state index in [1.165, 1.54) is 0 Å². The first-order valence-electron chi connectivity index (χ1n) is 10.4. The van der Waals surface area contributed by atoms with E-state index >= 15 is 0 Å². The predicted molar refractivity (Wildman–Crippen MR) is 103 cm³/mol. The zero-order valence-electron chi connectivity index (χ0n) is 18.3. The summed E-state index contributed by atoms with van der Waals surface area (Å²) in [5.74, 6) is -0.238. The number of hydrogen-bond acceptors (Lipinski definition) is 9. The van der Waals surface area contributed by atoms with Gasteiger partial charge in [0.05, 0.1) is 36.6 Å². The summed E-state index contributed by atoms with van der Waals surface area (Å²) in [7, 11) is 3.16. The fourth-order valence-corrected chi connectivity index (χ4v) is 4.02. The van der Waals surface area contributed by atoms with Crippen LogP contribution in [0.3, 0.4) is 0 Å². The summed E-state index contributed by atoms with van der Waals surface area (Å²) >= 11 is 0. The van der Waals surface area contributed by atoms with Gasteiger partial charge in [0.1, 0.15) is 12.2 Å². The third kappa shape index (κ3) is 6.32. The number of ether oxygens (including phenoxy) is 6. The smallest absolute Gasteiger partial charge is 0.161 e. The van der Waals surface area contributed by atoms with Gasteiger partial charge in [0.2, 0.25) is 0 Å². The molecule has 3 N–H and O–H groups in total. The second-order valence-electron chi connectivity index (χ2n) is 8.15. The van der Waals surface area contributed by atoms with Crippen LogP contribution in [0.1, 0.15) is 40.5 Å². The van der Waals surface area contributed by atoms with Gasteiger partial charge in [-0.1, -0.05) is 6.92 Å². The van der Waals surface area contributed by atoms with E-state index in [0.29, 0.717) is 12.8 Å². The van der Waals surface area contributed by atoms with Crippen LogP contribution in [-0.2, 0) is 28.4 Å². The van der Waals surface area contributed by atoms with Crippen molar-refractivity contribution in [3.63, 3.8) is 0 Å². The SMILES string of the molecule is CO[C@H]1C[C@H](O[C@H]2[C@H](C)O[C@@H](O[C@H](C(C)O)[C@@H](C)CO)C[C@@H]2OC)O[C@@H](C)[C@@H]1O. The van der Waals surface area contributed by atoms with Crippen molar-refractivity contribution in [1.29, 1.82) is 0 Å². The highest BCUT2D eigenvalue weighted by Gasteiger charge is 2.43. The number of aliphatic hydroxyl groups is 3. The summed E-state index contributed by atoms with van der Waals surface area (Å²) in [6.45, 7) is 6.99. The lowest BCUT2D eigenvalue weighted by Crippen LogP contribution is -2.55. The van der Waals surface area contributed by atoms with Crippen molar-refractivity contribution in [2.24, 2.45) is 5.92 Å². The summed E-state index contributed by atoms with van der Waals surface area (Å²) in [4.78, 5) is 0. The van der Waals surface area contributed by atoms with Gasteiger partial charge in [-0.15, -0.1) is 0 Å². The minimum Gasteiger partial charge on any atom is -0.396 e. The van der Waals surface area contributed by atoms with E-state index < -0.39 is 43.1 Å². The standard InChI is InChI=1S/C20H38O9/c1-10(9-21)19(11(2)22)28-17-8-15(25-6)20(13(4)27-17)29-16-7-14(24-5)18(23)12(3)26-16/h10-23H,7-9H2,1-6H3/t10-,11?,12-,13-,14-,15-,16-,17-,18-,19-,20-/m0/s1. The molecule has 0 amide bonds. The molecule has 2 heterocycles. The Balaban J connectivity index is 2.00. The molecule has 0 bridgehead atoms. The van der Waals surface area contributed by atoms with E-state index in [4.69, 9.17) is 28.4 Å². The van der Waals surface area contributed by atoms with Crippen LogP contribution in [0.15, 0.2) is 0 Å². The topological polar surface area (TPSA) is 116 Å². The number of methoxy groups -OCH3 is 2. The maximum atomic E-state index is 10.1. The van der Waals surface area contributed by atoms with Crippen LogP contribution in [0.4, 0.5) is 0 Å². The molecular weight excluding hydrogens is 384 g/mol. The van der Waals surface area contributed by atoms with Crippen molar-refractivity contribution in [1.82, 2.24) is 0 Å². The first kappa shape index (κ1) is 24.9. The van der Waals surface area contributed by atoms with E-state index in [2.05, 4.69) is 0 Å². The van der Waals surface area contributed by atoms with Crippen LogP contribution in [0.25, 0.3) is 0 Å². The van der Waals surface area contributed by atoms with Crippen LogP contribution in [0, 0.1) is 5.92 Å². The second kappa shape index (κ2) is 11.3. The Hall–Kier alpha value is -0.360.